The van der Waals surface area contributed by atoms with Crippen LogP contribution in [-0.4, -0.2) is 53.2 Å². The summed E-state index contributed by atoms with van der Waals surface area (Å²) in [7, 11) is 0. The van der Waals surface area contributed by atoms with Crippen molar-refractivity contribution in [3.05, 3.63) is 65.7 Å². The molecule has 1 N–H and O–H groups in total. The molecule has 4 heteroatoms. The average molecular weight is 352 g/mol. The Bertz CT molecular complexity index is 700. The predicted octanol–water partition coefficient (Wildman–Crippen LogP) is 2.91. The highest BCUT2D eigenvalue weighted by Gasteiger charge is 2.36. The maximum atomic E-state index is 10.5. The van der Waals surface area contributed by atoms with Gasteiger partial charge in [0.15, 0.2) is 0 Å². The van der Waals surface area contributed by atoms with E-state index in [0.717, 1.165) is 38.5 Å². The molecule has 2 heterocycles. The molecule has 4 rings (SSSR count). The third-order valence-corrected chi connectivity index (χ3v) is 5.50. The maximum absolute atomic E-state index is 10.5. The molecule has 26 heavy (non-hydrogen) atoms. The Morgan fingerprint density at radius 3 is 2.50 bits per heavy atom. The van der Waals surface area contributed by atoms with E-state index in [9.17, 15) is 5.11 Å². The topological polar surface area (TPSA) is 35.9 Å². The molecule has 2 aliphatic heterocycles. The number of rotatable bonds is 6. The normalized spacial score (nSPS) is 24.2. The fourth-order valence-electron chi connectivity index (χ4n) is 4.14. The van der Waals surface area contributed by atoms with Crippen molar-refractivity contribution in [3.63, 3.8) is 0 Å². The molecule has 2 saturated heterocycles. The van der Waals surface area contributed by atoms with E-state index in [-0.39, 0.29) is 6.10 Å². The van der Waals surface area contributed by atoms with Crippen LogP contribution in [0.3, 0.4) is 0 Å². The van der Waals surface area contributed by atoms with Gasteiger partial charge >= 0.3 is 0 Å². The Morgan fingerprint density at radius 1 is 0.923 bits per heavy atom. The minimum atomic E-state index is -0.231. The molecular formula is C22H28N2O2. The summed E-state index contributed by atoms with van der Waals surface area (Å²) in [5.41, 5.74) is 2.42. The van der Waals surface area contributed by atoms with E-state index in [0.29, 0.717) is 12.6 Å². The van der Waals surface area contributed by atoms with Gasteiger partial charge in [-0.15, -0.1) is 0 Å². The van der Waals surface area contributed by atoms with Crippen molar-refractivity contribution in [2.45, 2.75) is 38.1 Å². The van der Waals surface area contributed by atoms with Crippen LogP contribution in [0.15, 0.2) is 54.6 Å². The van der Waals surface area contributed by atoms with Gasteiger partial charge in [-0.1, -0.05) is 42.5 Å². The van der Waals surface area contributed by atoms with Gasteiger partial charge in [0.1, 0.15) is 12.4 Å². The highest BCUT2D eigenvalue weighted by Crippen LogP contribution is 2.23. The lowest BCUT2D eigenvalue weighted by Gasteiger charge is -2.25. The molecule has 0 unspecified atom stereocenters. The smallest absolute Gasteiger partial charge is 0.120 e. The van der Waals surface area contributed by atoms with Crippen LogP contribution < -0.4 is 4.74 Å². The van der Waals surface area contributed by atoms with E-state index in [2.05, 4.69) is 40.1 Å². The van der Waals surface area contributed by atoms with Gasteiger partial charge in [-0.25, -0.2) is 0 Å². The molecule has 0 aromatic heterocycles. The number of aliphatic hydroxyl groups is 1. The predicted molar refractivity (Wildman–Crippen MR) is 103 cm³/mol. The second kappa shape index (κ2) is 8.21. The van der Waals surface area contributed by atoms with Crippen LogP contribution in [0.2, 0.25) is 0 Å². The quantitative estimate of drug-likeness (QED) is 0.867. The number of aliphatic hydroxyl groups excluding tert-OH is 1. The van der Waals surface area contributed by atoms with Gasteiger partial charge in [0.05, 0.1) is 6.10 Å². The molecule has 2 aromatic rings. The molecule has 2 aromatic carbocycles. The monoisotopic (exact) mass is 352 g/mol. The van der Waals surface area contributed by atoms with Crippen LogP contribution in [0.1, 0.15) is 24.0 Å². The number of ether oxygens (including phenoxy) is 1. The summed E-state index contributed by atoms with van der Waals surface area (Å²) in [6.45, 7) is 5.44. The number of benzene rings is 2. The van der Waals surface area contributed by atoms with Gasteiger partial charge in [-0.3, -0.25) is 9.80 Å². The molecule has 2 fully saturated rings. The van der Waals surface area contributed by atoms with Crippen LogP contribution in [0.4, 0.5) is 0 Å². The van der Waals surface area contributed by atoms with E-state index in [1.807, 2.05) is 24.3 Å². The number of nitrogens with zero attached hydrogens (tertiary/aromatic N) is 2. The number of hydrogen-bond acceptors (Lipinski definition) is 4. The summed E-state index contributed by atoms with van der Waals surface area (Å²) in [5.74, 6) is 0.905. The Balaban J connectivity index is 1.33. The minimum absolute atomic E-state index is 0.231. The molecule has 2 atom stereocenters. The molecule has 2 aliphatic rings. The van der Waals surface area contributed by atoms with Gasteiger partial charge in [0.2, 0.25) is 0 Å². The Hall–Kier alpha value is -1.88. The van der Waals surface area contributed by atoms with Crippen molar-refractivity contribution in [2.75, 3.05) is 26.2 Å². The van der Waals surface area contributed by atoms with Crippen molar-refractivity contribution < 1.29 is 9.84 Å². The second-order valence-electron chi connectivity index (χ2n) is 7.49. The van der Waals surface area contributed by atoms with Gasteiger partial charge in [0, 0.05) is 25.7 Å². The fourth-order valence-corrected chi connectivity index (χ4v) is 4.14. The Labute approximate surface area is 156 Å². The van der Waals surface area contributed by atoms with Gasteiger partial charge < -0.3 is 9.84 Å². The molecule has 0 bridgehead atoms. The molecule has 0 amide bonds. The maximum Gasteiger partial charge on any atom is 0.120 e. The van der Waals surface area contributed by atoms with E-state index >= 15 is 0 Å². The summed E-state index contributed by atoms with van der Waals surface area (Å²) in [5, 5.41) is 10.5. The van der Waals surface area contributed by atoms with Crippen LogP contribution in [0.5, 0.6) is 5.75 Å². The standard InChI is InChI=1S/C22H28N2O2/c25-22-16-23(15-21(22)24-11-4-5-12-24)14-19-9-6-10-20(13-19)26-17-18-7-2-1-3-8-18/h1-3,6-10,13,21-22,25H,4-5,11-12,14-17H2/t21-,22-/m0/s1. The summed E-state index contributed by atoms with van der Waals surface area (Å²) in [4.78, 5) is 4.83. The minimum Gasteiger partial charge on any atom is -0.489 e. The molecule has 0 saturated carbocycles. The molecule has 0 spiro atoms. The summed E-state index contributed by atoms with van der Waals surface area (Å²) in [6.07, 6.45) is 2.30. The van der Waals surface area contributed by atoms with Crippen LogP contribution in [0.25, 0.3) is 0 Å². The third kappa shape index (κ3) is 4.26. The van der Waals surface area contributed by atoms with Crippen molar-refractivity contribution in [1.29, 1.82) is 0 Å². The number of β-amino-alcohol motifs (C(OH)–C–C–N with tert-alkyl or cyclic N) is 1. The first-order chi connectivity index (χ1) is 12.8. The Kier molecular flexibility index (Phi) is 5.54. The first kappa shape index (κ1) is 17.5. The van der Waals surface area contributed by atoms with E-state index in [1.54, 1.807) is 0 Å². The van der Waals surface area contributed by atoms with Gasteiger partial charge in [0.25, 0.3) is 0 Å². The van der Waals surface area contributed by atoms with Crippen molar-refractivity contribution >= 4 is 0 Å². The first-order valence-corrected chi connectivity index (χ1v) is 9.68. The zero-order chi connectivity index (χ0) is 17.8. The fraction of sp³-hybridized carbons (Fsp3) is 0.455. The molecule has 4 nitrogen and oxygen atoms in total. The third-order valence-electron chi connectivity index (χ3n) is 5.50. The van der Waals surface area contributed by atoms with Gasteiger partial charge in [-0.2, -0.15) is 0 Å². The SMILES string of the molecule is O[C@H]1CN(Cc2cccc(OCc3ccccc3)c2)C[C@@H]1N1CCCC1. The molecule has 0 aliphatic carbocycles. The first-order valence-electron chi connectivity index (χ1n) is 9.68. The Morgan fingerprint density at radius 2 is 1.69 bits per heavy atom. The van der Waals surface area contributed by atoms with E-state index < -0.39 is 0 Å². The zero-order valence-corrected chi connectivity index (χ0v) is 15.3. The zero-order valence-electron chi connectivity index (χ0n) is 15.3. The highest BCUT2D eigenvalue weighted by molar-refractivity contribution is 5.29. The van der Waals surface area contributed by atoms with Crippen molar-refractivity contribution in [2.24, 2.45) is 0 Å². The van der Waals surface area contributed by atoms with E-state index in [1.165, 1.54) is 24.0 Å². The molecule has 0 radical (unpaired) electrons. The summed E-state index contributed by atoms with van der Waals surface area (Å²) < 4.78 is 5.94. The van der Waals surface area contributed by atoms with Crippen LogP contribution in [-0.2, 0) is 13.2 Å². The van der Waals surface area contributed by atoms with Crippen LogP contribution >= 0.6 is 0 Å². The van der Waals surface area contributed by atoms with Crippen molar-refractivity contribution in [1.82, 2.24) is 9.80 Å². The molecular weight excluding hydrogens is 324 g/mol. The molecule has 138 valence electrons. The van der Waals surface area contributed by atoms with Gasteiger partial charge in [-0.05, 0) is 49.2 Å². The van der Waals surface area contributed by atoms with Crippen molar-refractivity contribution in [3.8, 4) is 5.75 Å². The second-order valence-corrected chi connectivity index (χ2v) is 7.49. The number of hydrogen-bond donors (Lipinski definition) is 1. The lowest BCUT2D eigenvalue weighted by atomic mass is 10.2. The largest absolute Gasteiger partial charge is 0.489 e. The summed E-state index contributed by atoms with van der Waals surface area (Å²) >= 11 is 0. The lowest BCUT2D eigenvalue weighted by molar-refractivity contribution is 0.0978. The number of likely N-dealkylation sites (tertiary alicyclic amines) is 2. The van der Waals surface area contributed by atoms with E-state index in [4.69, 9.17) is 4.74 Å². The highest BCUT2D eigenvalue weighted by atomic mass is 16.5. The average Bonchev–Trinajstić information content (AvgIpc) is 3.31. The lowest BCUT2D eigenvalue weighted by Crippen LogP contribution is -2.41. The van der Waals surface area contributed by atoms with Crippen LogP contribution in [0, 0.1) is 0 Å². The summed E-state index contributed by atoms with van der Waals surface area (Å²) in [6, 6.07) is 18.9.